The lowest BCUT2D eigenvalue weighted by Crippen LogP contribution is -2.27. The summed E-state index contributed by atoms with van der Waals surface area (Å²) in [5.41, 5.74) is 7.81. The smallest absolute Gasteiger partial charge is 0.338 e. The Kier molecular flexibility index (Phi) is 5.24. The molecule has 1 heterocycles. The van der Waals surface area contributed by atoms with Crippen LogP contribution in [-0.2, 0) is 9.47 Å². The standard InChI is InChI=1S/C15H22N2O3/c1-2-19-15(18)11-6-7-14(13(16)9-11)17-10-12-5-3-4-8-20-12/h6-7,9,12,17H,2-5,8,10,16H2,1H3. The number of ether oxygens (including phenoxy) is 2. The van der Waals surface area contributed by atoms with Gasteiger partial charge in [0.05, 0.1) is 29.6 Å². The van der Waals surface area contributed by atoms with Crippen molar-refractivity contribution in [3.05, 3.63) is 23.8 Å². The summed E-state index contributed by atoms with van der Waals surface area (Å²) >= 11 is 0. The highest BCUT2D eigenvalue weighted by atomic mass is 16.5. The van der Waals surface area contributed by atoms with Gasteiger partial charge in [-0.1, -0.05) is 0 Å². The van der Waals surface area contributed by atoms with Gasteiger partial charge in [-0.25, -0.2) is 4.79 Å². The minimum Gasteiger partial charge on any atom is -0.462 e. The van der Waals surface area contributed by atoms with E-state index >= 15 is 0 Å². The Morgan fingerprint density at radius 2 is 2.35 bits per heavy atom. The highest BCUT2D eigenvalue weighted by molar-refractivity contribution is 5.91. The normalized spacial score (nSPS) is 18.6. The number of hydrogen-bond acceptors (Lipinski definition) is 5. The average molecular weight is 278 g/mol. The van der Waals surface area contributed by atoms with Gasteiger partial charge in [0.2, 0.25) is 0 Å². The van der Waals surface area contributed by atoms with Crippen LogP contribution in [0.2, 0.25) is 0 Å². The molecular formula is C15H22N2O3. The molecule has 0 saturated carbocycles. The summed E-state index contributed by atoms with van der Waals surface area (Å²) in [6, 6.07) is 5.17. The number of esters is 1. The van der Waals surface area contributed by atoms with Gasteiger partial charge in [0, 0.05) is 13.2 Å². The van der Waals surface area contributed by atoms with Crippen LogP contribution < -0.4 is 11.1 Å². The lowest BCUT2D eigenvalue weighted by molar-refractivity contribution is 0.0247. The maximum atomic E-state index is 11.6. The fraction of sp³-hybridized carbons (Fsp3) is 0.533. The zero-order valence-corrected chi connectivity index (χ0v) is 11.9. The second-order valence-electron chi connectivity index (χ2n) is 4.89. The van der Waals surface area contributed by atoms with Crippen molar-refractivity contribution >= 4 is 17.3 Å². The first kappa shape index (κ1) is 14.7. The van der Waals surface area contributed by atoms with Gasteiger partial charge < -0.3 is 20.5 Å². The van der Waals surface area contributed by atoms with Crippen LogP contribution in [-0.4, -0.2) is 31.8 Å². The van der Waals surface area contributed by atoms with E-state index in [2.05, 4.69) is 5.32 Å². The summed E-state index contributed by atoms with van der Waals surface area (Å²) in [7, 11) is 0. The monoisotopic (exact) mass is 278 g/mol. The minimum atomic E-state index is -0.346. The minimum absolute atomic E-state index is 0.243. The molecule has 5 heteroatoms. The molecule has 0 aromatic heterocycles. The molecule has 0 spiro atoms. The number of rotatable bonds is 5. The summed E-state index contributed by atoms with van der Waals surface area (Å²) in [6.07, 6.45) is 3.68. The van der Waals surface area contributed by atoms with Crippen molar-refractivity contribution in [2.24, 2.45) is 0 Å². The molecule has 1 saturated heterocycles. The average Bonchev–Trinajstić information content (AvgIpc) is 2.47. The number of carbonyl (C=O) groups is 1. The van der Waals surface area contributed by atoms with Crippen molar-refractivity contribution < 1.29 is 14.3 Å². The molecular weight excluding hydrogens is 256 g/mol. The number of nitrogens with one attached hydrogen (secondary N) is 1. The molecule has 1 atom stereocenters. The van der Waals surface area contributed by atoms with E-state index in [1.165, 1.54) is 6.42 Å². The summed E-state index contributed by atoms with van der Waals surface area (Å²) in [6.45, 7) is 3.71. The molecule has 1 fully saturated rings. The first-order chi connectivity index (χ1) is 9.70. The van der Waals surface area contributed by atoms with E-state index in [-0.39, 0.29) is 12.1 Å². The van der Waals surface area contributed by atoms with E-state index in [4.69, 9.17) is 15.2 Å². The predicted octanol–water partition coefficient (Wildman–Crippen LogP) is 2.43. The zero-order valence-electron chi connectivity index (χ0n) is 11.9. The lowest BCUT2D eigenvalue weighted by Gasteiger charge is -2.23. The molecule has 110 valence electrons. The van der Waals surface area contributed by atoms with Crippen LogP contribution in [0.1, 0.15) is 36.5 Å². The van der Waals surface area contributed by atoms with Gasteiger partial charge in [-0.15, -0.1) is 0 Å². The molecule has 1 aliphatic heterocycles. The van der Waals surface area contributed by atoms with Crippen molar-refractivity contribution in [1.82, 2.24) is 0 Å². The van der Waals surface area contributed by atoms with Gasteiger partial charge in [-0.2, -0.15) is 0 Å². The van der Waals surface area contributed by atoms with Crippen LogP contribution in [0, 0.1) is 0 Å². The largest absolute Gasteiger partial charge is 0.462 e. The quantitative estimate of drug-likeness (QED) is 0.639. The number of carbonyl (C=O) groups excluding carboxylic acids is 1. The molecule has 1 aromatic rings. The SMILES string of the molecule is CCOC(=O)c1ccc(NCC2CCCCO2)c(N)c1. The topological polar surface area (TPSA) is 73.6 Å². The molecule has 0 aliphatic carbocycles. The summed E-state index contributed by atoms with van der Waals surface area (Å²) in [4.78, 5) is 11.6. The second kappa shape index (κ2) is 7.14. The number of nitrogen functional groups attached to an aromatic ring is 1. The molecule has 1 aliphatic rings. The van der Waals surface area contributed by atoms with Crippen LogP contribution in [0.25, 0.3) is 0 Å². The highest BCUT2D eigenvalue weighted by Gasteiger charge is 2.14. The van der Waals surface area contributed by atoms with Crippen LogP contribution in [0.4, 0.5) is 11.4 Å². The van der Waals surface area contributed by atoms with E-state index < -0.39 is 0 Å². The second-order valence-corrected chi connectivity index (χ2v) is 4.89. The fourth-order valence-electron chi connectivity index (χ4n) is 2.26. The fourth-order valence-corrected chi connectivity index (χ4v) is 2.26. The van der Waals surface area contributed by atoms with Gasteiger partial charge in [0.1, 0.15) is 0 Å². The van der Waals surface area contributed by atoms with Gasteiger partial charge in [0.15, 0.2) is 0 Å². The number of benzene rings is 1. The highest BCUT2D eigenvalue weighted by Crippen LogP contribution is 2.21. The molecule has 0 radical (unpaired) electrons. The Morgan fingerprint density at radius 1 is 1.50 bits per heavy atom. The Bertz CT molecular complexity index is 456. The number of nitrogens with two attached hydrogens (primary N) is 1. The predicted molar refractivity (Wildman–Crippen MR) is 78.9 cm³/mol. The molecule has 2 rings (SSSR count). The molecule has 0 bridgehead atoms. The molecule has 20 heavy (non-hydrogen) atoms. The molecule has 0 amide bonds. The third kappa shape index (κ3) is 3.87. The van der Waals surface area contributed by atoms with Crippen molar-refractivity contribution in [3.8, 4) is 0 Å². The number of anilines is 2. The lowest BCUT2D eigenvalue weighted by atomic mass is 10.1. The summed E-state index contributed by atoms with van der Waals surface area (Å²) in [5, 5.41) is 3.28. The Balaban J connectivity index is 1.93. The van der Waals surface area contributed by atoms with E-state index in [9.17, 15) is 4.79 Å². The van der Waals surface area contributed by atoms with E-state index in [1.54, 1.807) is 19.1 Å². The molecule has 5 nitrogen and oxygen atoms in total. The van der Waals surface area contributed by atoms with E-state index in [0.29, 0.717) is 17.9 Å². The Labute approximate surface area is 119 Å². The maximum Gasteiger partial charge on any atom is 0.338 e. The Hall–Kier alpha value is -1.75. The zero-order chi connectivity index (χ0) is 14.4. The van der Waals surface area contributed by atoms with Gasteiger partial charge in [-0.05, 0) is 44.4 Å². The van der Waals surface area contributed by atoms with E-state index in [1.807, 2.05) is 6.07 Å². The van der Waals surface area contributed by atoms with Gasteiger partial charge >= 0.3 is 5.97 Å². The number of hydrogen-bond donors (Lipinski definition) is 2. The molecule has 1 aromatic carbocycles. The third-order valence-electron chi connectivity index (χ3n) is 3.36. The summed E-state index contributed by atoms with van der Waals surface area (Å²) in [5.74, 6) is -0.346. The molecule has 3 N–H and O–H groups in total. The van der Waals surface area contributed by atoms with Crippen LogP contribution in [0.5, 0.6) is 0 Å². The summed E-state index contributed by atoms with van der Waals surface area (Å²) < 4.78 is 10.6. The van der Waals surface area contributed by atoms with Crippen LogP contribution >= 0.6 is 0 Å². The Morgan fingerprint density at radius 3 is 3.00 bits per heavy atom. The van der Waals surface area contributed by atoms with Crippen LogP contribution in [0.3, 0.4) is 0 Å². The van der Waals surface area contributed by atoms with Gasteiger partial charge in [0.25, 0.3) is 0 Å². The van der Waals surface area contributed by atoms with Crippen molar-refractivity contribution in [2.75, 3.05) is 30.8 Å². The van der Waals surface area contributed by atoms with Crippen molar-refractivity contribution in [1.29, 1.82) is 0 Å². The maximum absolute atomic E-state index is 11.6. The first-order valence-corrected chi connectivity index (χ1v) is 7.13. The third-order valence-corrected chi connectivity index (χ3v) is 3.36. The van der Waals surface area contributed by atoms with Gasteiger partial charge in [-0.3, -0.25) is 0 Å². The van der Waals surface area contributed by atoms with Crippen molar-refractivity contribution in [2.45, 2.75) is 32.3 Å². The molecule has 1 unspecified atom stereocenters. The van der Waals surface area contributed by atoms with E-state index in [0.717, 1.165) is 31.7 Å². The first-order valence-electron chi connectivity index (χ1n) is 7.13. The van der Waals surface area contributed by atoms with Crippen molar-refractivity contribution in [3.63, 3.8) is 0 Å². The van der Waals surface area contributed by atoms with Crippen LogP contribution in [0.15, 0.2) is 18.2 Å².